The molecule has 0 aliphatic carbocycles. The number of benzene rings is 1. The van der Waals surface area contributed by atoms with Crippen molar-refractivity contribution >= 4 is 11.6 Å². The first-order valence-corrected chi connectivity index (χ1v) is 5.89. The third-order valence-corrected chi connectivity index (χ3v) is 3.02. The van der Waals surface area contributed by atoms with Crippen molar-refractivity contribution in [2.45, 2.75) is 19.8 Å². The van der Waals surface area contributed by atoms with Crippen LogP contribution >= 0.6 is 11.6 Å². The second-order valence-electron chi connectivity index (χ2n) is 3.89. The molecule has 1 heterocycles. The minimum Gasteiger partial charge on any atom is -0.489 e. The lowest BCUT2D eigenvalue weighted by atomic mass is 10.0. The van der Waals surface area contributed by atoms with E-state index in [4.69, 9.17) is 26.8 Å². The van der Waals surface area contributed by atoms with E-state index in [-0.39, 0.29) is 0 Å². The molecule has 3 nitrogen and oxygen atoms in total. The molecule has 0 saturated heterocycles. The molecule has 0 fully saturated rings. The molecule has 0 spiro atoms. The molecule has 1 aliphatic rings. The van der Waals surface area contributed by atoms with Crippen LogP contribution in [0.1, 0.15) is 17.5 Å². The minimum absolute atomic E-state index is 0.608. The normalized spacial score (nSPS) is 14.7. The molecule has 0 saturated carbocycles. The van der Waals surface area contributed by atoms with Crippen LogP contribution in [0.3, 0.4) is 0 Å². The highest BCUT2D eigenvalue weighted by Crippen LogP contribution is 2.41. The lowest BCUT2D eigenvalue weighted by Gasteiger charge is -2.15. The van der Waals surface area contributed by atoms with Crippen LogP contribution in [0, 0.1) is 6.92 Å². The van der Waals surface area contributed by atoms with Crippen LogP contribution in [0.2, 0.25) is 5.02 Å². The van der Waals surface area contributed by atoms with Gasteiger partial charge in [-0.25, -0.2) is 0 Å². The molecule has 0 radical (unpaired) electrons. The lowest BCUT2D eigenvalue weighted by molar-refractivity contribution is 0.296. The molecule has 1 aromatic rings. The fraction of sp³-hybridized carbons (Fsp3) is 0.500. The fourth-order valence-electron chi connectivity index (χ4n) is 1.88. The van der Waals surface area contributed by atoms with Crippen molar-refractivity contribution < 1.29 is 9.47 Å². The summed E-state index contributed by atoms with van der Waals surface area (Å²) in [5.74, 6) is 1.46. The fourth-order valence-corrected chi connectivity index (χ4v) is 2.15. The highest BCUT2D eigenvalue weighted by Gasteiger charge is 2.19. The molecule has 2 N–H and O–H groups in total. The average Bonchev–Trinajstić information content (AvgIpc) is 2.51. The van der Waals surface area contributed by atoms with Crippen molar-refractivity contribution in [1.82, 2.24) is 0 Å². The summed E-state index contributed by atoms with van der Waals surface area (Å²) < 4.78 is 11.3. The Kier molecular flexibility index (Phi) is 3.56. The standard InChI is InChI=1S/C12H16ClNO2/c1-8-9(3-4-14)7-10(13)12-11(8)15-5-2-6-16-12/h7H,2-6,14H2,1H3. The van der Waals surface area contributed by atoms with E-state index in [0.717, 1.165) is 29.7 Å². The first kappa shape index (κ1) is 11.6. The van der Waals surface area contributed by atoms with Crippen molar-refractivity contribution in [2.75, 3.05) is 19.8 Å². The number of ether oxygens (including phenoxy) is 2. The maximum Gasteiger partial charge on any atom is 0.180 e. The predicted octanol–water partition coefficient (Wildman–Crippen LogP) is 2.31. The van der Waals surface area contributed by atoms with Crippen LogP contribution in [-0.2, 0) is 6.42 Å². The van der Waals surface area contributed by atoms with E-state index in [2.05, 4.69) is 0 Å². The topological polar surface area (TPSA) is 44.5 Å². The number of rotatable bonds is 2. The maximum atomic E-state index is 6.18. The Bertz CT molecular complexity index is 393. The van der Waals surface area contributed by atoms with Gasteiger partial charge in [0.15, 0.2) is 11.5 Å². The molecule has 1 aliphatic heterocycles. The lowest BCUT2D eigenvalue weighted by Crippen LogP contribution is -2.06. The van der Waals surface area contributed by atoms with E-state index < -0.39 is 0 Å². The maximum absolute atomic E-state index is 6.18. The van der Waals surface area contributed by atoms with Crippen LogP contribution in [0.15, 0.2) is 6.07 Å². The Morgan fingerprint density at radius 3 is 2.69 bits per heavy atom. The first-order chi connectivity index (χ1) is 7.74. The molecular formula is C12H16ClNO2. The second-order valence-corrected chi connectivity index (χ2v) is 4.30. The van der Waals surface area contributed by atoms with Gasteiger partial charge in [-0.05, 0) is 37.1 Å². The molecule has 0 unspecified atom stereocenters. The summed E-state index contributed by atoms with van der Waals surface area (Å²) in [5.41, 5.74) is 7.80. The Morgan fingerprint density at radius 1 is 1.31 bits per heavy atom. The van der Waals surface area contributed by atoms with Crippen LogP contribution in [0.4, 0.5) is 0 Å². The van der Waals surface area contributed by atoms with Gasteiger partial charge in [0.05, 0.1) is 18.2 Å². The van der Waals surface area contributed by atoms with Gasteiger partial charge in [-0.1, -0.05) is 11.6 Å². The summed E-state index contributed by atoms with van der Waals surface area (Å²) in [5, 5.41) is 0.617. The summed E-state index contributed by atoms with van der Waals surface area (Å²) in [6.07, 6.45) is 1.69. The van der Waals surface area contributed by atoms with Gasteiger partial charge in [-0.3, -0.25) is 0 Å². The molecule has 88 valence electrons. The third-order valence-electron chi connectivity index (χ3n) is 2.74. The second kappa shape index (κ2) is 4.93. The summed E-state index contributed by atoms with van der Waals surface area (Å²) in [6, 6.07) is 1.93. The van der Waals surface area contributed by atoms with Crippen molar-refractivity contribution in [3.63, 3.8) is 0 Å². The van der Waals surface area contributed by atoms with Gasteiger partial charge in [-0.15, -0.1) is 0 Å². The van der Waals surface area contributed by atoms with E-state index in [9.17, 15) is 0 Å². The zero-order chi connectivity index (χ0) is 11.5. The average molecular weight is 242 g/mol. The van der Waals surface area contributed by atoms with E-state index in [0.29, 0.717) is 30.5 Å². The van der Waals surface area contributed by atoms with E-state index in [1.54, 1.807) is 0 Å². The molecule has 0 amide bonds. The Hall–Kier alpha value is -0.930. The van der Waals surface area contributed by atoms with Crippen LogP contribution < -0.4 is 15.2 Å². The predicted molar refractivity (Wildman–Crippen MR) is 64.6 cm³/mol. The number of hydrogen-bond donors (Lipinski definition) is 1. The molecule has 1 aromatic carbocycles. The number of halogens is 1. The van der Waals surface area contributed by atoms with E-state index >= 15 is 0 Å². The Balaban J connectivity index is 2.47. The highest BCUT2D eigenvalue weighted by molar-refractivity contribution is 6.32. The van der Waals surface area contributed by atoms with Crippen molar-refractivity contribution in [3.05, 3.63) is 22.2 Å². The van der Waals surface area contributed by atoms with Crippen molar-refractivity contribution in [2.24, 2.45) is 5.73 Å². The molecule has 0 bridgehead atoms. The first-order valence-electron chi connectivity index (χ1n) is 5.51. The number of fused-ring (bicyclic) bond motifs is 1. The third kappa shape index (κ3) is 2.11. The van der Waals surface area contributed by atoms with Crippen LogP contribution in [-0.4, -0.2) is 19.8 Å². The Morgan fingerprint density at radius 2 is 2.00 bits per heavy atom. The largest absolute Gasteiger partial charge is 0.489 e. The quantitative estimate of drug-likeness (QED) is 0.864. The summed E-state index contributed by atoms with van der Waals surface area (Å²) in [7, 11) is 0. The molecule has 16 heavy (non-hydrogen) atoms. The van der Waals surface area contributed by atoms with Crippen LogP contribution in [0.5, 0.6) is 11.5 Å². The van der Waals surface area contributed by atoms with Gasteiger partial charge in [-0.2, -0.15) is 0 Å². The minimum atomic E-state index is 0.608. The molecular weight excluding hydrogens is 226 g/mol. The monoisotopic (exact) mass is 241 g/mol. The van der Waals surface area contributed by atoms with Gasteiger partial charge in [0.25, 0.3) is 0 Å². The molecule has 0 aromatic heterocycles. The van der Waals surface area contributed by atoms with Gasteiger partial charge < -0.3 is 15.2 Å². The van der Waals surface area contributed by atoms with Gasteiger partial charge >= 0.3 is 0 Å². The van der Waals surface area contributed by atoms with Gasteiger partial charge in [0, 0.05) is 6.42 Å². The van der Waals surface area contributed by atoms with Gasteiger partial charge in [0.2, 0.25) is 0 Å². The molecule has 0 atom stereocenters. The zero-order valence-electron chi connectivity index (χ0n) is 9.38. The van der Waals surface area contributed by atoms with E-state index in [1.165, 1.54) is 0 Å². The highest BCUT2D eigenvalue weighted by atomic mass is 35.5. The molecule has 2 rings (SSSR count). The molecule has 4 heteroatoms. The SMILES string of the molecule is Cc1c(CCN)cc(Cl)c2c1OCCCO2. The summed E-state index contributed by atoms with van der Waals surface area (Å²) >= 11 is 6.18. The smallest absolute Gasteiger partial charge is 0.180 e. The number of nitrogens with two attached hydrogens (primary N) is 1. The van der Waals surface area contributed by atoms with Crippen molar-refractivity contribution in [3.8, 4) is 11.5 Å². The zero-order valence-corrected chi connectivity index (χ0v) is 10.1. The van der Waals surface area contributed by atoms with Gasteiger partial charge in [0.1, 0.15) is 0 Å². The van der Waals surface area contributed by atoms with E-state index in [1.807, 2.05) is 13.0 Å². The van der Waals surface area contributed by atoms with Crippen LogP contribution in [0.25, 0.3) is 0 Å². The summed E-state index contributed by atoms with van der Waals surface area (Å²) in [6.45, 7) is 3.96. The Labute approximate surface area is 100 Å². The summed E-state index contributed by atoms with van der Waals surface area (Å²) in [4.78, 5) is 0. The number of hydrogen-bond acceptors (Lipinski definition) is 3. The van der Waals surface area contributed by atoms with Crippen molar-refractivity contribution in [1.29, 1.82) is 0 Å².